The number of methoxy groups -OCH3 is 1. The van der Waals surface area contributed by atoms with Crippen molar-refractivity contribution in [2.45, 2.75) is 26.7 Å². The summed E-state index contributed by atoms with van der Waals surface area (Å²) in [5, 5.41) is 3.12. The molecule has 128 valence electrons. The van der Waals surface area contributed by atoms with Crippen LogP contribution in [0.25, 0.3) is 0 Å². The first kappa shape index (κ1) is 17.7. The van der Waals surface area contributed by atoms with Crippen LogP contribution in [0.1, 0.15) is 35.7 Å². The van der Waals surface area contributed by atoms with E-state index in [4.69, 9.17) is 4.74 Å². The number of nitrogens with one attached hydrogen (secondary N) is 1. The summed E-state index contributed by atoms with van der Waals surface area (Å²) in [7, 11) is 3.41. The number of aryl methyl sites for hydroxylation is 1. The van der Waals surface area contributed by atoms with Crippen LogP contribution in [0.15, 0.2) is 30.6 Å². The molecule has 1 aromatic carbocycles. The van der Waals surface area contributed by atoms with Gasteiger partial charge in [-0.3, -0.25) is 4.79 Å². The lowest BCUT2D eigenvalue weighted by molar-refractivity contribution is 0.0792. The van der Waals surface area contributed by atoms with Crippen LogP contribution in [0.4, 0.5) is 11.6 Å². The molecule has 2 aromatic rings. The van der Waals surface area contributed by atoms with Crippen LogP contribution in [0.3, 0.4) is 0 Å². The molecule has 2 rings (SSSR count). The van der Waals surface area contributed by atoms with Gasteiger partial charge in [0.25, 0.3) is 5.91 Å². The molecule has 6 heteroatoms. The van der Waals surface area contributed by atoms with E-state index in [1.165, 1.54) is 0 Å². The summed E-state index contributed by atoms with van der Waals surface area (Å²) in [5.74, 6) is 1.07. The molecule has 0 fully saturated rings. The highest BCUT2D eigenvalue weighted by atomic mass is 16.5. The van der Waals surface area contributed by atoms with Crippen LogP contribution in [0.2, 0.25) is 0 Å². The van der Waals surface area contributed by atoms with Crippen molar-refractivity contribution in [1.82, 2.24) is 14.9 Å². The average molecular weight is 328 g/mol. The molecule has 0 aliphatic carbocycles. The Morgan fingerprint density at radius 1 is 1.29 bits per heavy atom. The Morgan fingerprint density at radius 2 is 2.00 bits per heavy atom. The third-order valence-corrected chi connectivity index (χ3v) is 3.69. The molecular formula is C18H24N4O2. The lowest BCUT2D eigenvalue weighted by atomic mass is 10.2. The molecule has 1 heterocycles. The number of amides is 1. The van der Waals surface area contributed by atoms with Gasteiger partial charge in [0.2, 0.25) is 5.95 Å². The van der Waals surface area contributed by atoms with Gasteiger partial charge in [0.05, 0.1) is 18.4 Å². The number of nitrogens with zero attached hydrogens (tertiary/aromatic N) is 3. The van der Waals surface area contributed by atoms with Gasteiger partial charge in [0.15, 0.2) is 0 Å². The smallest absolute Gasteiger partial charge is 0.256 e. The maximum atomic E-state index is 12.3. The predicted molar refractivity (Wildman–Crippen MR) is 94.9 cm³/mol. The quantitative estimate of drug-likeness (QED) is 0.843. The first-order valence-corrected chi connectivity index (χ1v) is 8.04. The number of carbonyl (C=O) groups is 1. The Hall–Kier alpha value is -2.63. The molecular weight excluding hydrogens is 304 g/mol. The minimum Gasteiger partial charge on any atom is -0.495 e. The van der Waals surface area contributed by atoms with Gasteiger partial charge in [-0.05, 0) is 31.0 Å². The van der Waals surface area contributed by atoms with E-state index in [9.17, 15) is 4.79 Å². The fourth-order valence-corrected chi connectivity index (χ4v) is 2.26. The lowest BCUT2D eigenvalue weighted by Crippen LogP contribution is -2.27. The number of rotatable bonds is 7. The highest BCUT2D eigenvalue weighted by Crippen LogP contribution is 2.27. The minimum absolute atomic E-state index is 0.0665. The van der Waals surface area contributed by atoms with Crippen LogP contribution < -0.4 is 10.1 Å². The Morgan fingerprint density at radius 3 is 2.62 bits per heavy atom. The second-order valence-electron chi connectivity index (χ2n) is 5.70. The van der Waals surface area contributed by atoms with Crippen molar-refractivity contribution in [3.8, 4) is 5.75 Å². The molecule has 1 aromatic heterocycles. The van der Waals surface area contributed by atoms with Gasteiger partial charge in [0, 0.05) is 26.0 Å². The van der Waals surface area contributed by atoms with Crippen LogP contribution in [0.5, 0.6) is 5.75 Å². The van der Waals surface area contributed by atoms with Crippen LogP contribution in [0, 0.1) is 6.92 Å². The van der Waals surface area contributed by atoms with E-state index in [-0.39, 0.29) is 5.91 Å². The van der Waals surface area contributed by atoms with Crippen molar-refractivity contribution in [3.05, 3.63) is 41.7 Å². The van der Waals surface area contributed by atoms with Gasteiger partial charge in [-0.15, -0.1) is 0 Å². The molecule has 0 bridgehead atoms. The van der Waals surface area contributed by atoms with Gasteiger partial charge in [0.1, 0.15) is 5.75 Å². The van der Waals surface area contributed by atoms with Crippen LogP contribution in [-0.4, -0.2) is 41.5 Å². The van der Waals surface area contributed by atoms with Crippen molar-refractivity contribution in [2.75, 3.05) is 26.0 Å². The SMILES string of the molecule is CCCCN(C)C(=O)c1cnc(Nc2cc(C)ccc2OC)nc1. The van der Waals surface area contributed by atoms with Crippen molar-refractivity contribution in [1.29, 1.82) is 0 Å². The number of aromatic nitrogens is 2. The van der Waals surface area contributed by atoms with Gasteiger partial charge in [-0.2, -0.15) is 0 Å². The van der Waals surface area contributed by atoms with Crippen molar-refractivity contribution < 1.29 is 9.53 Å². The van der Waals surface area contributed by atoms with Crippen LogP contribution >= 0.6 is 0 Å². The molecule has 1 amide bonds. The topological polar surface area (TPSA) is 67.4 Å². The second kappa shape index (κ2) is 8.29. The molecule has 24 heavy (non-hydrogen) atoms. The summed E-state index contributed by atoms with van der Waals surface area (Å²) in [6, 6.07) is 5.82. The molecule has 0 spiro atoms. The van der Waals surface area contributed by atoms with E-state index in [1.807, 2.05) is 25.1 Å². The lowest BCUT2D eigenvalue weighted by Gasteiger charge is -2.16. The molecule has 1 N–H and O–H groups in total. The zero-order chi connectivity index (χ0) is 17.5. The molecule has 0 saturated carbocycles. The Balaban J connectivity index is 2.10. The summed E-state index contributed by atoms with van der Waals surface area (Å²) in [6.07, 6.45) is 5.12. The first-order chi connectivity index (χ1) is 11.5. The number of unbranched alkanes of at least 4 members (excludes halogenated alkanes) is 1. The molecule has 0 saturated heterocycles. The number of hydrogen-bond acceptors (Lipinski definition) is 5. The Kier molecular flexibility index (Phi) is 6.12. The number of carbonyl (C=O) groups excluding carboxylic acids is 1. The summed E-state index contributed by atoms with van der Waals surface area (Å²) >= 11 is 0. The van der Waals surface area contributed by atoms with Gasteiger partial charge >= 0.3 is 0 Å². The zero-order valence-electron chi connectivity index (χ0n) is 14.7. The average Bonchev–Trinajstić information content (AvgIpc) is 2.60. The molecule has 0 atom stereocenters. The van der Waals surface area contributed by atoms with Crippen molar-refractivity contribution in [3.63, 3.8) is 0 Å². The maximum absolute atomic E-state index is 12.3. The summed E-state index contributed by atoms with van der Waals surface area (Å²) < 4.78 is 5.32. The summed E-state index contributed by atoms with van der Waals surface area (Å²) in [6.45, 7) is 4.83. The van der Waals surface area contributed by atoms with E-state index in [1.54, 1.807) is 31.5 Å². The predicted octanol–water partition coefficient (Wildman–Crippen LogP) is 3.41. The van der Waals surface area contributed by atoms with Crippen molar-refractivity contribution >= 4 is 17.5 Å². The van der Waals surface area contributed by atoms with E-state index < -0.39 is 0 Å². The molecule has 0 aliphatic heterocycles. The highest BCUT2D eigenvalue weighted by molar-refractivity contribution is 5.93. The number of ether oxygens (including phenoxy) is 1. The van der Waals surface area contributed by atoms with Gasteiger partial charge < -0.3 is 15.0 Å². The fourth-order valence-electron chi connectivity index (χ4n) is 2.26. The van der Waals surface area contributed by atoms with Gasteiger partial charge in [-0.1, -0.05) is 19.4 Å². The maximum Gasteiger partial charge on any atom is 0.256 e. The normalized spacial score (nSPS) is 10.3. The van der Waals surface area contributed by atoms with E-state index in [0.717, 1.165) is 30.6 Å². The summed E-state index contributed by atoms with van der Waals surface area (Å²) in [5.41, 5.74) is 2.37. The molecule has 0 unspecified atom stereocenters. The minimum atomic E-state index is -0.0665. The monoisotopic (exact) mass is 328 g/mol. The largest absolute Gasteiger partial charge is 0.495 e. The van der Waals surface area contributed by atoms with Crippen LogP contribution in [-0.2, 0) is 0 Å². The van der Waals surface area contributed by atoms with E-state index >= 15 is 0 Å². The summed E-state index contributed by atoms with van der Waals surface area (Å²) in [4.78, 5) is 22.4. The molecule has 0 radical (unpaired) electrons. The molecule has 0 aliphatic rings. The van der Waals surface area contributed by atoms with E-state index in [2.05, 4.69) is 22.2 Å². The third kappa shape index (κ3) is 4.44. The Bertz CT molecular complexity index is 686. The highest BCUT2D eigenvalue weighted by Gasteiger charge is 2.12. The third-order valence-electron chi connectivity index (χ3n) is 3.69. The number of anilines is 2. The number of hydrogen-bond donors (Lipinski definition) is 1. The van der Waals surface area contributed by atoms with Gasteiger partial charge in [-0.25, -0.2) is 9.97 Å². The second-order valence-corrected chi connectivity index (χ2v) is 5.70. The van der Waals surface area contributed by atoms with Crippen molar-refractivity contribution in [2.24, 2.45) is 0 Å². The first-order valence-electron chi connectivity index (χ1n) is 8.04. The molecule has 6 nitrogen and oxygen atoms in total. The van der Waals surface area contributed by atoms with E-state index in [0.29, 0.717) is 17.3 Å². The zero-order valence-corrected chi connectivity index (χ0v) is 14.7. The number of benzene rings is 1. The standard InChI is InChI=1S/C18H24N4O2/c1-5-6-9-22(3)17(23)14-11-19-18(20-12-14)21-15-10-13(2)7-8-16(15)24-4/h7-8,10-12H,5-6,9H2,1-4H3,(H,19,20,21). The Labute approximate surface area is 142 Å². The fraction of sp³-hybridized carbons (Fsp3) is 0.389.